The summed E-state index contributed by atoms with van der Waals surface area (Å²) < 4.78 is 5.43. The number of carboxylic acid groups (broad SMARTS) is 1. The van der Waals surface area contributed by atoms with Gasteiger partial charge >= 0.3 is 5.97 Å². The molecule has 2 atom stereocenters. The van der Waals surface area contributed by atoms with E-state index in [1.807, 2.05) is 0 Å². The summed E-state index contributed by atoms with van der Waals surface area (Å²) in [5.74, 6) is -0.870. The molecule has 19 heavy (non-hydrogen) atoms. The van der Waals surface area contributed by atoms with Crippen LogP contribution >= 0.6 is 0 Å². The highest BCUT2D eigenvalue weighted by Gasteiger charge is 2.31. The Hall–Kier alpha value is -0.650. The lowest BCUT2D eigenvalue weighted by molar-refractivity contribution is -0.149. The van der Waals surface area contributed by atoms with Crippen LogP contribution in [0.1, 0.15) is 51.4 Å². The molecule has 1 saturated carbocycles. The van der Waals surface area contributed by atoms with E-state index in [0.29, 0.717) is 19.5 Å². The summed E-state index contributed by atoms with van der Waals surface area (Å²) in [6, 6.07) is 0. The molecule has 3 N–H and O–H groups in total. The first-order chi connectivity index (χ1) is 9.09. The molecule has 1 aliphatic heterocycles. The minimum absolute atomic E-state index is 0.0320. The Morgan fingerprint density at radius 2 is 1.89 bits per heavy atom. The van der Waals surface area contributed by atoms with Crippen molar-refractivity contribution < 1.29 is 19.7 Å². The van der Waals surface area contributed by atoms with E-state index in [4.69, 9.17) is 9.84 Å². The summed E-state index contributed by atoms with van der Waals surface area (Å²) in [4.78, 5) is 10.8. The van der Waals surface area contributed by atoms with Gasteiger partial charge in [-0.1, -0.05) is 25.7 Å². The molecule has 0 aromatic rings. The van der Waals surface area contributed by atoms with E-state index in [2.05, 4.69) is 5.32 Å². The molecule has 5 nitrogen and oxygen atoms in total. The Morgan fingerprint density at radius 3 is 2.47 bits per heavy atom. The first kappa shape index (κ1) is 14.8. The van der Waals surface area contributed by atoms with Gasteiger partial charge in [-0.15, -0.1) is 0 Å². The fraction of sp³-hybridized carbons (Fsp3) is 0.929. The molecule has 110 valence electrons. The maximum atomic E-state index is 10.8. The number of carboxylic acids is 1. The van der Waals surface area contributed by atoms with Crippen molar-refractivity contribution in [3.05, 3.63) is 0 Å². The van der Waals surface area contributed by atoms with Crippen LogP contribution in [0.5, 0.6) is 0 Å². The van der Waals surface area contributed by atoms with Crippen LogP contribution in [-0.4, -0.2) is 47.1 Å². The van der Waals surface area contributed by atoms with Crippen molar-refractivity contribution in [3.8, 4) is 0 Å². The fourth-order valence-corrected chi connectivity index (χ4v) is 3.07. The van der Waals surface area contributed by atoms with Gasteiger partial charge in [-0.2, -0.15) is 0 Å². The van der Waals surface area contributed by atoms with E-state index >= 15 is 0 Å². The average Bonchev–Trinajstić information content (AvgIpc) is 2.73. The molecule has 0 aromatic heterocycles. The van der Waals surface area contributed by atoms with Crippen LogP contribution in [0.25, 0.3) is 0 Å². The number of aliphatic hydroxyl groups is 1. The summed E-state index contributed by atoms with van der Waals surface area (Å²) in [5.41, 5.74) is -0.582. The van der Waals surface area contributed by atoms with Crippen LogP contribution in [0.4, 0.5) is 0 Å². The molecule has 5 heteroatoms. The molecule has 2 unspecified atom stereocenters. The van der Waals surface area contributed by atoms with Crippen molar-refractivity contribution in [1.29, 1.82) is 0 Å². The second-order valence-corrected chi connectivity index (χ2v) is 5.93. The predicted octanol–water partition coefficient (Wildman–Crippen LogP) is 1.29. The molecule has 1 heterocycles. The molecule has 0 amide bonds. The van der Waals surface area contributed by atoms with E-state index in [1.165, 1.54) is 12.8 Å². The molecule has 2 fully saturated rings. The Labute approximate surface area is 114 Å². The van der Waals surface area contributed by atoms with E-state index in [1.54, 1.807) is 0 Å². The average molecular weight is 271 g/mol. The first-order valence-electron chi connectivity index (χ1n) is 7.40. The summed E-state index contributed by atoms with van der Waals surface area (Å²) in [6.07, 6.45) is 7.05. The predicted molar refractivity (Wildman–Crippen MR) is 71.1 cm³/mol. The van der Waals surface area contributed by atoms with Crippen molar-refractivity contribution in [2.45, 2.75) is 69.2 Å². The van der Waals surface area contributed by atoms with Crippen molar-refractivity contribution in [2.75, 3.05) is 13.1 Å². The van der Waals surface area contributed by atoms with Crippen LogP contribution in [0.15, 0.2) is 0 Å². The highest BCUT2D eigenvalue weighted by Crippen LogP contribution is 2.26. The topological polar surface area (TPSA) is 78.8 Å². The van der Waals surface area contributed by atoms with Gasteiger partial charge in [-0.25, -0.2) is 4.79 Å². The third-order valence-corrected chi connectivity index (χ3v) is 4.24. The second kappa shape index (κ2) is 6.68. The van der Waals surface area contributed by atoms with E-state index in [0.717, 1.165) is 32.1 Å². The monoisotopic (exact) mass is 271 g/mol. The largest absolute Gasteiger partial charge is 0.479 e. The lowest BCUT2D eigenvalue weighted by Crippen LogP contribution is -2.42. The molecule has 2 aliphatic rings. The second-order valence-electron chi connectivity index (χ2n) is 5.93. The molecular formula is C14H25NO4. The van der Waals surface area contributed by atoms with Gasteiger partial charge in [-0.05, 0) is 25.7 Å². The zero-order chi connectivity index (χ0) is 13.7. The Bertz CT molecular complexity index is 300. The number of hydrogen-bond acceptors (Lipinski definition) is 4. The fourth-order valence-electron chi connectivity index (χ4n) is 3.07. The lowest BCUT2D eigenvalue weighted by Gasteiger charge is -2.27. The van der Waals surface area contributed by atoms with Gasteiger partial charge in [0.15, 0.2) is 6.10 Å². The molecule has 1 saturated heterocycles. The number of nitrogens with one attached hydrogen (secondary N) is 1. The zero-order valence-corrected chi connectivity index (χ0v) is 11.4. The van der Waals surface area contributed by atoms with Crippen LogP contribution < -0.4 is 5.32 Å². The normalized spacial score (nSPS) is 31.0. The molecule has 0 radical (unpaired) electrons. The summed E-state index contributed by atoms with van der Waals surface area (Å²) in [5, 5.41) is 22.6. The first-order valence-corrected chi connectivity index (χ1v) is 7.40. The van der Waals surface area contributed by atoms with E-state index in [9.17, 15) is 9.90 Å². The minimum atomic E-state index is -0.870. The van der Waals surface area contributed by atoms with E-state index < -0.39 is 17.7 Å². The Morgan fingerprint density at radius 1 is 1.21 bits per heavy atom. The quantitative estimate of drug-likeness (QED) is 0.657. The number of ether oxygens (including phenoxy) is 1. The summed E-state index contributed by atoms with van der Waals surface area (Å²) >= 11 is 0. The zero-order valence-electron chi connectivity index (χ0n) is 11.4. The van der Waals surface area contributed by atoms with Crippen LogP contribution in [0.3, 0.4) is 0 Å². The van der Waals surface area contributed by atoms with Crippen molar-refractivity contribution in [2.24, 2.45) is 0 Å². The molecular weight excluding hydrogens is 246 g/mol. The molecule has 0 spiro atoms. The Kier molecular flexibility index (Phi) is 5.19. The van der Waals surface area contributed by atoms with Gasteiger partial charge in [0.25, 0.3) is 0 Å². The van der Waals surface area contributed by atoms with Gasteiger partial charge in [0.1, 0.15) is 0 Å². The van der Waals surface area contributed by atoms with Crippen molar-refractivity contribution >= 4 is 5.97 Å². The lowest BCUT2D eigenvalue weighted by atomic mass is 9.94. The SMILES string of the molecule is O=C(O)C1CCC(CNCC2(O)CCCCCC2)O1. The molecule has 2 rings (SSSR count). The van der Waals surface area contributed by atoms with Crippen molar-refractivity contribution in [1.82, 2.24) is 5.32 Å². The van der Waals surface area contributed by atoms with Crippen molar-refractivity contribution in [3.63, 3.8) is 0 Å². The molecule has 0 bridgehead atoms. The standard InChI is InChI=1S/C14H25NO4/c16-13(17)12-6-5-11(19-12)9-15-10-14(18)7-3-1-2-4-8-14/h11-12,15,18H,1-10H2,(H,16,17). The molecule has 1 aliphatic carbocycles. The Balaban J connectivity index is 1.67. The van der Waals surface area contributed by atoms with Crippen LogP contribution in [0, 0.1) is 0 Å². The molecule has 0 aromatic carbocycles. The van der Waals surface area contributed by atoms with Crippen LogP contribution in [-0.2, 0) is 9.53 Å². The maximum absolute atomic E-state index is 10.8. The van der Waals surface area contributed by atoms with Gasteiger partial charge in [-0.3, -0.25) is 0 Å². The van der Waals surface area contributed by atoms with Gasteiger partial charge in [0.05, 0.1) is 11.7 Å². The number of aliphatic carboxylic acids is 1. The maximum Gasteiger partial charge on any atom is 0.332 e. The van der Waals surface area contributed by atoms with Gasteiger partial charge in [0, 0.05) is 13.1 Å². The third kappa shape index (κ3) is 4.44. The number of carbonyl (C=O) groups is 1. The minimum Gasteiger partial charge on any atom is -0.479 e. The highest BCUT2D eigenvalue weighted by molar-refractivity contribution is 5.72. The van der Waals surface area contributed by atoms with Gasteiger partial charge < -0.3 is 20.3 Å². The summed E-state index contributed by atoms with van der Waals surface area (Å²) in [6.45, 7) is 1.22. The third-order valence-electron chi connectivity index (χ3n) is 4.24. The van der Waals surface area contributed by atoms with Gasteiger partial charge in [0.2, 0.25) is 0 Å². The smallest absolute Gasteiger partial charge is 0.332 e. The summed E-state index contributed by atoms with van der Waals surface area (Å²) in [7, 11) is 0. The number of hydrogen-bond donors (Lipinski definition) is 3. The van der Waals surface area contributed by atoms with Crippen LogP contribution in [0.2, 0.25) is 0 Å². The highest BCUT2D eigenvalue weighted by atomic mass is 16.5. The van der Waals surface area contributed by atoms with E-state index in [-0.39, 0.29) is 6.10 Å². The number of rotatable bonds is 5.